The quantitative estimate of drug-likeness (QED) is 0.787. The van der Waals surface area contributed by atoms with E-state index in [0.29, 0.717) is 27.3 Å². The van der Waals surface area contributed by atoms with E-state index in [2.05, 4.69) is 26.0 Å². The third-order valence-electron chi connectivity index (χ3n) is 2.46. The molecule has 0 saturated heterocycles. The van der Waals surface area contributed by atoms with Crippen molar-refractivity contribution in [2.24, 2.45) is 0 Å². The standard InChI is InChI=1S/C11H8BrN3O2/c12-9-3-2-8(17-9)10-7(6-16)11-13-4-1-5-15(11)14-10/h1-5,16H,6H2. The minimum atomic E-state index is -0.131. The van der Waals surface area contributed by atoms with E-state index in [1.54, 1.807) is 35.1 Å². The van der Waals surface area contributed by atoms with E-state index >= 15 is 0 Å². The first-order chi connectivity index (χ1) is 8.29. The summed E-state index contributed by atoms with van der Waals surface area (Å²) in [6, 6.07) is 5.36. The third-order valence-corrected chi connectivity index (χ3v) is 2.88. The SMILES string of the molecule is OCc1c(-c2ccc(Br)o2)nn2cccnc12. The van der Waals surface area contributed by atoms with Gasteiger partial charge in [-0.05, 0) is 34.1 Å². The third kappa shape index (κ3) is 1.65. The average Bonchev–Trinajstić information content (AvgIpc) is 2.91. The zero-order valence-corrected chi connectivity index (χ0v) is 10.3. The highest BCUT2D eigenvalue weighted by molar-refractivity contribution is 9.10. The molecule has 0 amide bonds. The van der Waals surface area contributed by atoms with Crippen LogP contribution in [0.3, 0.4) is 0 Å². The number of nitrogens with zero attached hydrogens (tertiary/aromatic N) is 3. The van der Waals surface area contributed by atoms with E-state index in [0.717, 1.165) is 0 Å². The molecule has 86 valence electrons. The number of hydrogen-bond donors (Lipinski definition) is 1. The highest BCUT2D eigenvalue weighted by Gasteiger charge is 2.17. The molecule has 3 aromatic rings. The largest absolute Gasteiger partial charge is 0.448 e. The van der Waals surface area contributed by atoms with Crippen molar-refractivity contribution in [3.8, 4) is 11.5 Å². The van der Waals surface area contributed by atoms with Gasteiger partial charge in [0.15, 0.2) is 16.1 Å². The minimum absolute atomic E-state index is 0.131. The summed E-state index contributed by atoms with van der Waals surface area (Å²) in [7, 11) is 0. The summed E-state index contributed by atoms with van der Waals surface area (Å²) >= 11 is 3.24. The lowest BCUT2D eigenvalue weighted by Gasteiger charge is -1.94. The molecular weight excluding hydrogens is 286 g/mol. The van der Waals surface area contributed by atoms with E-state index in [4.69, 9.17) is 4.42 Å². The van der Waals surface area contributed by atoms with Crippen molar-refractivity contribution in [1.82, 2.24) is 14.6 Å². The molecule has 6 heteroatoms. The summed E-state index contributed by atoms with van der Waals surface area (Å²) in [5.41, 5.74) is 1.90. The van der Waals surface area contributed by atoms with Gasteiger partial charge in [0.1, 0.15) is 5.69 Å². The van der Waals surface area contributed by atoms with Crippen LogP contribution < -0.4 is 0 Å². The molecule has 0 aliphatic rings. The average molecular weight is 294 g/mol. The van der Waals surface area contributed by atoms with E-state index in [1.165, 1.54) is 0 Å². The molecule has 0 spiro atoms. The first-order valence-electron chi connectivity index (χ1n) is 4.98. The van der Waals surface area contributed by atoms with Gasteiger partial charge >= 0.3 is 0 Å². The monoisotopic (exact) mass is 293 g/mol. The molecule has 3 heterocycles. The van der Waals surface area contributed by atoms with Crippen LogP contribution in [-0.4, -0.2) is 19.7 Å². The molecule has 0 bridgehead atoms. The summed E-state index contributed by atoms with van der Waals surface area (Å²) in [4.78, 5) is 4.19. The van der Waals surface area contributed by atoms with Gasteiger partial charge in [0, 0.05) is 12.4 Å². The van der Waals surface area contributed by atoms with Gasteiger partial charge in [-0.15, -0.1) is 0 Å². The summed E-state index contributed by atoms with van der Waals surface area (Å²) in [5.74, 6) is 0.603. The van der Waals surface area contributed by atoms with Crippen LogP contribution in [-0.2, 0) is 6.61 Å². The predicted molar refractivity (Wildman–Crippen MR) is 64.3 cm³/mol. The van der Waals surface area contributed by atoms with E-state index in [-0.39, 0.29) is 6.61 Å². The zero-order chi connectivity index (χ0) is 11.8. The number of fused-ring (bicyclic) bond motifs is 1. The Hall–Kier alpha value is -1.66. The second-order valence-electron chi connectivity index (χ2n) is 3.48. The lowest BCUT2D eigenvalue weighted by molar-refractivity contribution is 0.283. The molecule has 3 rings (SSSR count). The van der Waals surface area contributed by atoms with Crippen LogP contribution in [0, 0.1) is 0 Å². The fraction of sp³-hybridized carbons (Fsp3) is 0.0909. The molecule has 0 unspecified atom stereocenters. The van der Waals surface area contributed by atoms with Gasteiger partial charge in [0.2, 0.25) is 0 Å². The number of rotatable bonds is 2. The molecule has 0 radical (unpaired) electrons. The molecule has 0 aliphatic heterocycles. The van der Waals surface area contributed by atoms with E-state index < -0.39 is 0 Å². The summed E-state index contributed by atoms with van der Waals surface area (Å²) < 4.78 is 7.69. The summed E-state index contributed by atoms with van der Waals surface area (Å²) in [6.07, 6.45) is 3.45. The Morgan fingerprint density at radius 1 is 1.41 bits per heavy atom. The van der Waals surface area contributed by atoms with Crippen LogP contribution in [0.2, 0.25) is 0 Å². The predicted octanol–water partition coefficient (Wildman–Crippen LogP) is 2.24. The maximum atomic E-state index is 9.43. The maximum Gasteiger partial charge on any atom is 0.169 e. The van der Waals surface area contributed by atoms with Gasteiger partial charge in [0.25, 0.3) is 0 Å². The fourth-order valence-electron chi connectivity index (χ4n) is 1.72. The summed E-state index contributed by atoms with van der Waals surface area (Å²) in [6.45, 7) is -0.131. The van der Waals surface area contributed by atoms with Crippen LogP contribution in [0.15, 0.2) is 39.7 Å². The molecule has 0 atom stereocenters. The zero-order valence-electron chi connectivity index (χ0n) is 8.67. The van der Waals surface area contributed by atoms with Gasteiger partial charge in [-0.3, -0.25) is 0 Å². The van der Waals surface area contributed by atoms with Gasteiger partial charge in [-0.2, -0.15) is 5.10 Å². The van der Waals surface area contributed by atoms with Gasteiger partial charge in [-0.1, -0.05) is 0 Å². The molecule has 17 heavy (non-hydrogen) atoms. The van der Waals surface area contributed by atoms with Crippen LogP contribution >= 0.6 is 15.9 Å². The second-order valence-corrected chi connectivity index (χ2v) is 4.26. The normalized spacial score (nSPS) is 11.2. The van der Waals surface area contributed by atoms with Crippen LogP contribution in [0.1, 0.15) is 5.56 Å². The van der Waals surface area contributed by atoms with Crippen molar-refractivity contribution >= 4 is 21.6 Å². The lowest BCUT2D eigenvalue weighted by Crippen LogP contribution is -1.89. The van der Waals surface area contributed by atoms with Gasteiger partial charge < -0.3 is 9.52 Å². The number of halogens is 1. The molecule has 0 aromatic carbocycles. The molecule has 0 fully saturated rings. The Labute approximate surface area is 105 Å². The Morgan fingerprint density at radius 2 is 2.29 bits per heavy atom. The topological polar surface area (TPSA) is 63.6 Å². The van der Waals surface area contributed by atoms with Crippen molar-refractivity contribution < 1.29 is 9.52 Å². The van der Waals surface area contributed by atoms with Gasteiger partial charge in [-0.25, -0.2) is 9.50 Å². The van der Waals surface area contributed by atoms with Crippen LogP contribution in [0.4, 0.5) is 0 Å². The Bertz CT molecular complexity index is 674. The number of aromatic nitrogens is 3. The van der Waals surface area contributed by atoms with Crippen LogP contribution in [0.5, 0.6) is 0 Å². The van der Waals surface area contributed by atoms with Crippen molar-refractivity contribution in [3.05, 3.63) is 40.8 Å². The minimum Gasteiger partial charge on any atom is -0.448 e. The van der Waals surface area contributed by atoms with Crippen molar-refractivity contribution in [1.29, 1.82) is 0 Å². The number of hydrogen-bond acceptors (Lipinski definition) is 4. The second kappa shape index (κ2) is 3.97. The van der Waals surface area contributed by atoms with E-state index in [9.17, 15) is 5.11 Å². The molecule has 5 nitrogen and oxygen atoms in total. The Kier molecular flexibility index (Phi) is 2.45. The van der Waals surface area contributed by atoms with Crippen molar-refractivity contribution in [2.75, 3.05) is 0 Å². The molecule has 0 aliphatic carbocycles. The molecule has 3 aromatic heterocycles. The van der Waals surface area contributed by atoms with E-state index in [1.807, 2.05) is 0 Å². The number of aliphatic hydroxyl groups excluding tert-OH is 1. The molecule has 0 saturated carbocycles. The Balaban J connectivity index is 2.29. The maximum absolute atomic E-state index is 9.43. The van der Waals surface area contributed by atoms with Crippen molar-refractivity contribution in [2.45, 2.75) is 6.61 Å². The number of aliphatic hydroxyl groups is 1. The highest BCUT2D eigenvalue weighted by atomic mass is 79.9. The fourth-order valence-corrected chi connectivity index (χ4v) is 2.03. The van der Waals surface area contributed by atoms with Gasteiger partial charge in [0.05, 0.1) is 12.2 Å². The Morgan fingerprint density at radius 3 is 3.00 bits per heavy atom. The lowest BCUT2D eigenvalue weighted by atomic mass is 10.2. The van der Waals surface area contributed by atoms with Crippen molar-refractivity contribution in [3.63, 3.8) is 0 Å². The summed E-state index contributed by atoms with van der Waals surface area (Å²) in [5, 5.41) is 13.8. The number of furan rings is 1. The molecular formula is C11H8BrN3O2. The first-order valence-corrected chi connectivity index (χ1v) is 5.77. The first kappa shape index (κ1) is 10.5. The smallest absolute Gasteiger partial charge is 0.169 e. The molecule has 1 N–H and O–H groups in total. The highest BCUT2D eigenvalue weighted by Crippen LogP contribution is 2.28. The van der Waals surface area contributed by atoms with Crippen LogP contribution in [0.25, 0.3) is 17.1 Å².